The summed E-state index contributed by atoms with van der Waals surface area (Å²) in [7, 11) is 2.09. The number of likely N-dealkylation sites (N-methyl/N-ethyl adjacent to an activating group) is 1. The van der Waals surface area contributed by atoms with Gasteiger partial charge in [-0.05, 0) is 62.3 Å². The van der Waals surface area contributed by atoms with Gasteiger partial charge in [-0.15, -0.1) is 0 Å². The minimum atomic E-state index is -0.255. The molecule has 1 fully saturated rings. The molecular weight excluding hydrogens is 317 g/mol. The van der Waals surface area contributed by atoms with Crippen LogP contribution in [0.4, 0.5) is 14.9 Å². The molecule has 0 aromatic heterocycles. The molecule has 1 N–H and O–H groups in total. The van der Waals surface area contributed by atoms with Crippen molar-refractivity contribution in [2.45, 2.75) is 19.4 Å². The molecule has 4 nitrogen and oxygen atoms in total. The van der Waals surface area contributed by atoms with E-state index >= 15 is 0 Å². The first-order valence-electron chi connectivity index (χ1n) is 8.65. The second kappa shape index (κ2) is 7.66. The van der Waals surface area contributed by atoms with Crippen molar-refractivity contribution < 1.29 is 9.18 Å². The van der Waals surface area contributed by atoms with Gasteiger partial charge >= 0.3 is 6.03 Å². The van der Waals surface area contributed by atoms with Gasteiger partial charge in [0.2, 0.25) is 0 Å². The number of carbonyl (C=O) groups is 1. The number of hydrogen-bond donors (Lipinski definition) is 1. The van der Waals surface area contributed by atoms with E-state index in [-0.39, 0.29) is 17.9 Å². The minimum absolute atomic E-state index is 0.0682. The molecule has 1 aliphatic heterocycles. The van der Waals surface area contributed by atoms with Crippen LogP contribution < -0.4 is 5.32 Å². The molecule has 5 heteroatoms. The van der Waals surface area contributed by atoms with E-state index < -0.39 is 0 Å². The highest BCUT2D eigenvalue weighted by atomic mass is 19.1. The molecule has 1 saturated heterocycles. The smallest absolute Gasteiger partial charge is 0.320 e. The number of nitrogens with one attached hydrogen (secondary N) is 1. The first kappa shape index (κ1) is 17.4. The quantitative estimate of drug-likeness (QED) is 0.894. The first-order valence-corrected chi connectivity index (χ1v) is 8.65. The summed E-state index contributed by atoms with van der Waals surface area (Å²) in [4.78, 5) is 16.7. The minimum Gasteiger partial charge on any atom is -0.320 e. The second-order valence-electron chi connectivity index (χ2n) is 6.68. The van der Waals surface area contributed by atoms with Crippen LogP contribution in [0, 0.1) is 5.82 Å². The summed E-state index contributed by atoms with van der Waals surface area (Å²) < 4.78 is 13.3. The fourth-order valence-electron chi connectivity index (χ4n) is 3.28. The van der Waals surface area contributed by atoms with Crippen LogP contribution >= 0.6 is 0 Å². The van der Waals surface area contributed by atoms with Gasteiger partial charge < -0.3 is 15.1 Å². The van der Waals surface area contributed by atoms with E-state index in [1.807, 2.05) is 35.2 Å². The van der Waals surface area contributed by atoms with Crippen molar-refractivity contribution in [2.75, 3.05) is 32.0 Å². The highest BCUT2D eigenvalue weighted by molar-refractivity contribution is 5.90. The van der Waals surface area contributed by atoms with E-state index in [9.17, 15) is 9.18 Å². The van der Waals surface area contributed by atoms with Gasteiger partial charge in [-0.1, -0.05) is 24.3 Å². The largest absolute Gasteiger partial charge is 0.322 e. The molecule has 1 atom stereocenters. The number of carbonyl (C=O) groups excluding carboxylic acids is 1. The van der Waals surface area contributed by atoms with Gasteiger partial charge in [0.1, 0.15) is 5.82 Å². The summed E-state index contributed by atoms with van der Waals surface area (Å²) in [6, 6.07) is 14.1. The molecule has 2 amide bonds. The third kappa shape index (κ3) is 4.37. The summed E-state index contributed by atoms with van der Waals surface area (Å²) in [6.07, 6.45) is 0.979. The fraction of sp³-hybridized carbons (Fsp3) is 0.350. The molecule has 0 saturated carbocycles. The Hall–Kier alpha value is -2.40. The Labute approximate surface area is 148 Å². The second-order valence-corrected chi connectivity index (χ2v) is 6.68. The predicted molar refractivity (Wildman–Crippen MR) is 99.1 cm³/mol. The van der Waals surface area contributed by atoms with Gasteiger partial charge in [-0.2, -0.15) is 0 Å². The predicted octanol–water partition coefficient (Wildman–Crippen LogP) is 4.05. The molecule has 0 bridgehead atoms. The average Bonchev–Trinajstić information content (AvgIpc) is 2.75. The van der Waals surface area contributed by atoms with E-state index in [1.54, 1.807) is 6.07 Å². The van der Waals surface area contributed by atoms with Gasteiger partial charge in [0, 0.05) is 24.8 Å². The number of rotatable bonds is 2. The van der Waals surface area contributed by atoms with Crippen LogP contribution in [-0.4, -0.2) is 48.6 Å². The molecule has 25 heavy (non-hydrogen) atoms. The lowest BCUT2D eigenvalue weighted by molar-refractivity contribution is 0.190. The number of urea groups is 1. The standard InChI is InChI=1S/C20H24FN3O/c1-15-14-23(2)11-4-12-24(15)20(25)22-19-9-7-16(8-10-19)17-5-3-6-18(21)13-17/h3,5-10,13,15H,4,11-12,14H2,1-2H3,(H,22,25)/t15-/m0/s1. The topological polar surface area (TPSA) is 35.6 Å². The molecule has 0 spiro atoms. The zero-order valence-corrected chi connectivity index (χ0v) is 14.7. The lowest BCUT2D eigenvalue weighted by Gasteiger charge is -2.28. The van der Waals surface area contributed by atoms with Gasteiger partial charge in [-0.3, -0.25) is 0 Å². The molecule has 1 aliphatic rings. The van der Waals surface area contributed by atoms with Crippen molar-refractivity contribution in [1.82, 2.24) is 9.80 Å². The van der Waals surface area contributed by atoms with Crippen molar-refractivity contribution in [3.63, 3.8) is 0 Å². The summed E-state index contributed by atoms with van der Waals surface area (Å²) in [6.45, 7) is 4.73. The Kier molecular flexibility index (Phi) is 5.34. The summed E-state index contributed by atoms with van der Waals surface area (Å²) in [5.74, 6) is -0.255. The average molecular weight is 341 g/mol. The highest BCUT2D eigenvalue weighted by Crippen LogP contribution is 2.22. The van der Waals surface area contributed by atoms with E-state index in [2.05, 4.69) is 24.2 Å². The maximum Gasteiger partial charge on any atom is 0.322 e. The Morgan fingerprint density at radius 3 is 2.60 bits per heavy atom. The Balaban J connectivity index is 1.67. The van der Waals surface area contributed by atoms with E-state index in [0.29, 0.717) is 0 Å². The third-order valence-electron chi connectivity index (χ3n) is 4.60. The van der Waals surface area contributed by atoms with Gasteiger partial charge in [0.25, 0.3) is 0 Å². The van der Waals surface area contributed by atoms with Gasteiger partial charge in [-0.25, -0.2) is 9.18 Å². The maximum absolute atomic E-state index is 13.3. The molecule has 3 rings (SSSR count). The Bertz CT molecular complexity index is 732. The first-order chi connectivity index (χ1) is 12.0. The zero-order valence-electron chi connectivity index (χ0n) is 14.7. The van der Waals surface area contributed by atoms with E-state index in [1.165, 1.54) is 12.1 Å². The summed E-state index contributed by atoms with van der Waals surface area (Å²) >= 11 is 0. The molecule has 0 radical (unpaired) electrons. The number of halogens is 1. The highest BCUT2D eigenvalue weighted by Gasteiger charge is 2.23. The van der Waals surface area contributed by atoms with Crippen LogP contribution in [0.25, 0.3) is 11.1 Å². The van der Waals surface area contributed by atoms with Crippen LogP contribution in [0.5, 0.6) is 0 Å². The van der Waals surface area contributed by atoms with Gasteiger partial charge in [0.05, 0.1) is 0 Å². The van der Waals surface area contributed by atoms with Crippen LogP contribution in [0.3, 0.4) is 0 Å². The summed E-state index contributed by atoms with van der Waals surface area (Å²) in [5, 5.41) is 2.97. The van der Waals surface area contributed by atoms with Crippen molar-refractivity contribution >= 4 is 11.7 Å². The third-order valence-corrected chi connectivity index (χ3v) is 4.60. The number of benzene rings is 2. The van der Waals surface area contributed by atoms with E-state index in [4.69, 9.17) is 0 Å². The van der Waals surface area contributed by atoms with Crippen LogP contribution in [0.1, 0.15) is 13.3 Å². The number of amides is 2. The monoisotopic (exact) mass is 341 g/mol. The number of anilines is 1. The van der Waals surface area contributed by atoms with Crippen LogP contribution in [-0.2, 0) is 0 Å². The lowest BCUT2D eigenvalue weighted by Crippen LogP contribution is -2.44. The Morgan fingerprint density at radius 1 is 1.12 bits per heavy atom. The van der Waals surface area contributed by atoms with Gasteiger partial charge in [0.15, 0.2) is 0 Å². The normalized spacial score (nSPS) is 18.7. The lowest BCUT2D eigenvalue weighted by atomic mass is 10.1. The fourth-order valence-corrected chi connectivity index (χ4v) is 3.28. The number of nitrogens with zero attached hydrogens (tertiary/aromatic N) is 2. The SMILES string of the molecule is C[C@H]1CN(C)CCCN1C(=O)Nc1ccc(-c2cccc(F)c2)cc1. The van der Waals surface area contributed by atoms with Crippen LogP contribution in [0.2, 0.25) is 0 Å². The molecule has 1 heterocycles. The molecule has 0 unspecified atom stereocenters. The maximum atomic E-state index is 13.3. The van der Waals surface area contributed by atoms with Crippen LogP contribution in [0.15, 0.2) is 48.5 Å². The van der Waals surface area contributed by atoms with Crippen molar-refractivity contribution in [3.8, 4) is 11.1 Å². The molecule has 2 aromatic carbocycles. The van der Waals surface area contributed by atoms with Crippen molar-refractivity contribution in [1.29, 1.82) is 0 Å². The molecule has 0 aliphatic carbocycles. The molecule has 2 aromatic rings. The van der Waals surface area contributed by atoms with Crippen molar-refractivity contribution in [2.24, 2.45) is 0 Å². The summed E-state index contributed by atoms with van der Waals surface area (Å²) in [5.41, 5.74) is 2.49. The van der Waals surface area contributed by atoms with Crippen molar-refractivity contribution in [3.05, 3.63) is 54.3 Å². The Morgan fingerprint density at radius 2 is 1.88 bits per heavy atom. The zero-order chi connectivity index (χ0) is 17.8. The molecule has 132 valence electrons. The van der Waals surface area contributed by atoms with E-state index in [0.717, 1.165) is 42.9 Å². The molecular formula is C20H24FN3O. The number of hydrogen-bond acceptors (Lipinski definition) is 2.